The molecule has 8 heteroatoms. The van der Waals surface area contributed by atoms with E-state index in [1.165, 1.54) is 0 Å². The standard InChI is InChI=1S/C12H17N7O/c1-8-6-9(18-20-8)7-14-11-15-10(13)16-12(17-11)19-4-2-3-5-19/h6H,2-5,7H2,1H3,(H3,13,14,15,16,17). The van der Waals surface area contributed by atoms with Crippen molar-refractivity contribution in [2.75, 3.05) is 29.0 Å². The van der Waals surface area contributed by atoms with Gasteiger partial charge in [0.25, 0.3) is 0 Å². The Kier molecular flexibility index (Phi) is 3.36. The fraction of sp³-hybridized carbons (Fsp3) is 0.500. The Labute approximate surface area is 116 Å². The molecular formula is C12H17N7O. The highest BCUT2D eigenvalue weighted by molar-refractivity contribution is 5.42. The zero-order valence-corrected chi connectivity index (χ0v) is 11.3. The first kappa shape index (κ1) is 12.6. The van der Waals surface area contributed by atoms with Gasteiger partial charge in [0, 0.05) is 19.2 Å². The van der Waals surface area contributed by atoms with Gasteiger partial charge >= 0.3 is 0 Å². The van der Waals surface area contributed by atoms with Crippen LogP contribution in [0.4, 0.5) is 17.8 Å². The third-order valence-corrected chi connectivity index (χ3v) is 3.13. The van der Waals surface area contributed by atoms with Crippen LogP contribution in [0, 0.1) is 6.92 Å². The molecule has 0 unspecified atom stereocenters. The smallest absolute Gasteiger partial charge is 0.231 e. The SMILES string of the molecule is Cc1cc(CNc2nc(N)nc(N3CCCC3)n2)no1. The Balaban J connectivity index is 1.72. The second-order valence-electron chi connectivity index (χ2n) is 4.79. The van der Waals surface area contributed by atoms with Crippen molar-refractivity contribution < 1.29 is 4.52 Å². The molecule has 3 heterocycles. The summed E-state index contributed by atoms with van der Waals surface area (Å²) >= 11 is 0. The number of nitrogen functional groups attached to an aromatic ring is 1. The molecule has 0 aromatic carbocycles. The number of nitrogens with one attached hydrogen (secondary N) is 1. The highest BCUT2D eigenvalue weighted by atomic mass is 16.5. The van der Waals surface area contributed by atoms with Crippen molar-refractivity contribution >= 4 is 17.8 Å². The minimum atomic E-state index is 0.223. The molecule has 106 valence electrons. The van der Waals surface area contributed by atoms with E-state index in [0.29, 0.717) is 18.4 Å². The van der Waals surface area contributed by atoms with Crippen molar-refractivity contribution in [1.29, 1.82) is 0 Å². The lowest BCUT2D eigenvalue weighted by molar-refractivity contribution is 0.391. The minimum absolute atomic E-state index is 0.223. The van der Waals surface area contributed by atoms with Gasteiger partial charge in [0.1, 0.15) is 11.5 Å². The number of aromatic nitrogens is 4. The van der Waals surface area contributed by atoms with E-state index in [2.05, 4.69) is 30.3 Å². The van der Waals surface area contributed by atoms with Gasteiger partial charge in [0.2, 0.25) is 17.8 Å². The maximum atomic E-state index is 5.74. The number of hydrogen-bond acceptors (Lipinski definition) is 8. The number of aryl methyl sites for hydroxylation is 1. The van der Waals surface area contributed by atoms with Gasteiger partial charge in [0.15, 0.2) is 0 Å². The van der Waals surface area contributed by atoms with Gasteiger partial charge in [-0.2, -0.15) is 15.0 Å². The van der Waals surface area contributed by atoms with E-state index in [9.17, 15) is 0 Å². The van der Waals surface area contributed by atoms with Gasteiger partial charge in [-0.3, -0.25) is 0 Å². The van der Waals surface area contributed by atoms with Crippen molar-refractivity contribution in [2.24, 2.45) is 0 Å². The van der Waals surface area contributed by atoms with Crippen LogP contribution in [-0.4, -0.2) is 33.2 Å². The van der Waals surface area contributed by atoms with Crippen molar-refractivity contribution in [2.45, 2.75) is 26.3 Å². The Morgan fingerprint density at radius 1 is 1.30 bits per heavy atom. The van der Waals surface area contributed by atoms with Gasteiger partial charge in [-0.05, 0) is 19.8 Å². The van der Waals surface area contributed by atoms with Crippen molar-refractivity contribution in [1.82, 2.24) is 20.1 Å². The molecule has 0 saturated carbocycles. The Bertz CT molecular complexity index is 591. The van der Waals surface area contributed by atoms with E-state index in [0.717, 1.165) is 37.4 Å². The van der Waals surface area contributed by atoms with Crippen LogP contribution in [0.2, 0.25) is 0 Å². The molecule has 0 spiro atoms. The van der Waals surface area contributed by atoms with Crippen LogP contribution in [-0.2, 0) is 6.54 Å². The second-order valence-corrected chi connectivity index (χ2v) is 4.79. The third kappa shape index (κ3) is 2.79. The molecule has 2 aromatic heterocycles. The Morgan fingerprint density at radius 2 is 2.10 bits per heavy atom. The highest BCUT2D eigenvalue weighted by Crippen LogP contribution is 2.17. The largest absolute Gasteiger partial charge is 0.368 e. The van der Waals surface area contributed by atoms with Crippen LogP contribution >= 0.6 is 0 Å². The summed E-state index contributed by atoms with van der Waals surface area (Å²) in [5.74, 6) is 2.09. The first-order chi connectivity index (χ1) is 9.70. The lowest BCUT2D eigenvalue weighted by atomic mass is 10.4. The van der Waals surface area contributed by atoms with E-state index in [1.54, 1.807) is 0 Å². The lowest BCUT2D eigenvalue weighted by Gasteiger charge is -2.15. The molecule has 1 aliphatic rings. The average molecular weight is 275 g/mol. The molecule has 8 nitrogen and oxygen atoms in total. The Hall–Kier alpha value is -2.38. The van der Waals surface area contributed by atoms with E-state index in [4.69, 9.17) is 10.3 Å². The summed E-state index contributed by atoms with van der Waals surface area (Å²) in [6.07, 6.45) is 2.32. The number of anilines is 3. The predicted molar refractivity (Wildman–Crippen MR) is 74.3 cm³/mol. The van der Waals surface area contributed by atoms with Crippen LogP contribution in [0.1, 0.15) is 24.3 Å². The highest BCUT2D eigenvalue weighted by Gasteiger charge is 2.16. The molecule has 1 saturated heterocycles. The molecule has 20 heavy (non-hydrogen) atoms. The summed E-state index contributed by atoms with van der Waals surface area (Å²) in [4.78, 5) is 14.8. The third-order valence-electron chi connectivity index (χ3n) is 3.13. The molecule has 2 aromatic rings. The fourth-order valence-electron chi connectivity index (χ4n) is 2.19. The lowest BCUT2D eigenvalue weighted by Crippen LogP contribution is -2.22. The van der Waals surface area contributed by atoms with E-state index < -0.39 is 0 Å². The van der Waals surface area contributed by atoms with Gasteiger partial charge < -0.3 is 20.5 Å². The van der Waals surface area contributed by atoms with Crippen molar-refractivity contribution in [3.63, 3.8) is 0 Å². The zero-order chi connectivity index (χ0) is 13.9. The summed E-state index contributed by atoms with van der Waals surface area (Å²) in [7, 11) is 0. The van der Waals surface area contributed by atoms with E-state index >= 15 is 0 Å². The number of rotatable bonds is 4. The molecule has 0 atom stereocenters. The molecule has 0 aliphatic carbocycles. The first-order valence-electron chi connectivity index (χ1n) is 6.63. The first-order valence-corrected chi connectivity index (χ1v) is 6.63. The molecule has 3 rings (SSSR count). The maximum absolute atomic E-state index is 5.74. The molecule has 0 bridgehead atoms. The van der Waals surface area contributed by atoms with Crippen LogP contribution in [0.5, 0.6) is 0 Å². The van der Waals surface area contributed by atoms with Crippen LogP contribution < -0.4 is 16.0 Å². The molecular weight excluding hydrogens is 258 g/mol. The summed E-state index contributed by atoms with van der Waals surface area (Å²) in [6, 6.07) is 1.86. The minimum Gasteiger partial charge on any atom is -0.368 e. The van der Waals surface area contributed by atoms with E-state index in [-0.39, 0.29) is 5.95 Å². The summed E-state index contributed by atoms with van der Waals surface area (Å²) in [6.45, 7) is 4.26. The van der Waals surface area contributed by atoms with Gasteiger partial charge in [-0.15, -0.1) is 0 Å². The van der Waals surface area contributed by atoms with Crippen LogP contribution in [0.3, 0.4) is 0 Å². The molecule has 0 radical (unpaired) electrons. The van der Waals surface area contributed by atoms with Gasteiger partial charge in [0.05, 0.1) is 6.54 Å². The number of hydrogen-bond donors (Lipinski definition) is 2. The Morgan fingerprint density at radius 3 is 2.80 bits per heavy atom. The topological polar surface area (TPSA) is 106 Å². The van der Waals surface area contributed by atoms with Gasteiger partial charge in [-0.25, -0.2) is 0 Å². The molecule has 0 amide bonds. The quantitative estimate of drug-likeness (QED) is 0.850. The van der Waals surface area contributed by atoms with Crippen LogP contribution in [0.25, 0.3) is 0 Å². The number of nitrogens with two attached hydrogens (primary N) is 1. The normalized spacial score (nSPS) is 14.8. The van der Waals surface area contributed by atoms with E-state index in [1.807, 2.05) is 13.0 Å². The summed E-state index contributed by atoms with van der Waals surface area (Å²) in [5.41, 5.74) is 6.53. The molecule has 1 aliphatic heterocycles. The second kappa shape index (κ2) is 5.32. The molecule has 1 fully saturated rings. The maximum Gasteiger partial charge on any atom is 0.231 e. The molecule has 3 N–H and O–H groups in total. The van der Waals surface area contributed by atoms with Crippen molar-refractivity contribution in [3.05, 3.63) is 17.5 Å². The monoisotopic (exact) mass is 275 g/mol. The fourth-order valence-corrected chi connectivity index (χ4v) is 2.19. The summed E-state index contributed by atoms with van der Waals surface area (Å²) in [5, 5.41) is 6.99. The van der Waals surface area contributed by atoms with Gasteiger partial charge in [-0.1, -0.05) is 5.16 Å². The van der Waals surface area contributed by atoms with Crippen molar-refractivity contribution in [3.8, 4) is 0 Å². The zero-order valence-electron chi connectivity index (χ0n) is 11.3. The predicted octanol–water partition coefficient (Wildman–Crippen LogP) is 0.963. The summed E-state index contributed by atoms with van der Waals surface area (Å²) < 4.78 is 5.01. The van der Waals surface area contributed by atoms with Crippen LogP contribution in [0.15, 0.2) is 10.6 Å². The number of nitrogens with zero attached hydrogens (tertiary/aromatic N) is 5. The average Bonchev–Trinajstić information content (AvgIpc) is 3.07.